The molecule has 90 valence electrons. The Morgan fingerprint density at radius 2 is 2.06 bits per heavy atom. The van der Waals surface area contributed by atoms with Crippen molar-refractivity contribution >= 4 is 21.8 Å². The van der Waals surface area contributed by atoms with Crippen LogP contribution in [0, 0.1) is 5.92 Å². The first-order valence-electron chi connectivity index (χ1n) is 5.86. The summed E-state index contributed by atoms with van der Waals surface area (Å²) in [5.41, 5.74) is 0.701. The average molecular weight is 296 g/mol. The molecule has 1 heterocycles. The minimum atomic E-state index is -0.368. The van der Waals surface area contributed by atoms with Crippen LogP contribution in [-0.4, -0.2) is 39.4 Å². The maximum absolute atomic E-state index is 12.3. The number of carbonyl (C=O) groups is 1. The molecule has 1 aromatic carbocycles. The predicted molar refractivity (Wildman–Crippen MR) is 68.1 cm³/mol. The van der Waals surface area contributed by atoms with E-state index in [9.17, 15) is 9.90 Å². The number of carbonyl (C=O) groups excluding carboxylic acids is 1. The van der Waals surface area contributed by atoms with E-state index >= 15 is 0 Å². The van der Waals surface area contributed by atoms with Crippen LogP contribution in [0.1, 0.15) is 16.8 Å². The summed E-state index contributed by atoms with van der Waals surface area (Å²) in [7, 11) is 0. The van der Waals surface area contributed by atoms with Gasteiger partial charge in [-0.05, 0) is 18.6 Å². The molecule has 0 aromatic heterocycles. The predicted octanol–water partition coefficient (Wildman–Crippen LogP) is 1.66. The highest BCUT2D eigenvalue weighted by molar-refractivity contribution is 9.09. The van der Waals surface area contributed by atoms with E-state index in [2.05, 4.69) is 15.9 Å². The number of rotatable bonds is 1. The largest absolute Gasteiger partial charge is 0.391 e. The summed E-state index contributed by atoms with van der Waals surface area (Å²) in [6.07, 6.45) is 0.594. The second-order valence-electron chi connectivity index (χ2n) is 4.82. The van der Waals surface area contributed by atoms with E-state index in [1.165, 1.54) is 0 Å². The van der Waals surface area contributed by atoms with Crippen molar-refractivity contribution in [2.24, 2.45) is 5.92 Å². The molecule has 1 aromatic rings. The van der Waals surface area contributed by atoms with Crippen molar-refractivity contribution in [3.05, 3.63) is 35.9 Å². The maximum Gasteiger partial charge on any atom is 0.254 e. The number of nitrogens with zero attached hydrogens (tertiary/aromatic N) is 1. The van der Waals surface area contributed by atoms with E-state index in [4.69, 9.17) is 0 Å². The van der Waals surface area contributed by atoms with Gasteiger partial charge in [0.05, 0.1) is 12.1 Å². The molecule has 0 unspecified atom stereocenters. The first-order valence-corrected chi connectivity index (χ1v) is 6.78. The highest BCUT2D eigenvalue weighted by Gasteiger charge is 2.52. The summed E-state index contributed by atoms with van der Waals surface area (Å²) < 4.78 is 0. The normalized spacial score (nSPS) is 35.3. The highest BCUT2D eigenvalue weighted by Crippen LogP contribution is 2.42. The Morgan fingerprint density at radius 3 is 2.65 bits per heavy atom. The van der Waals surface area contributed by atoms with E-state index in [0.717, 1.165) is 6.42 Å². The van der Waals surface area contributed by atoms with Crippen LogP contribution in [-0.2, 0) is 0 Å². The van der Waals surface area contributed by atoms with E-state index in [1.807, 2.05) is 35.2 Å². The maximum atomic E-state index is 12.3. The second kappa shape index (κ2) is 4.10. The molecule has 2 bridgehead atoms. The zero-order valence-corrected chi connectivity index (χ0v) is 10.9. The monoisotopic (exact) mass is 295 g/mol. The second-order valence-corrected chi connectivity index (χ2v) is 5.99. The standard InChI is InChI=1S/C13H14BrNO2/c14-10-6-9-7-15(11(10)12(9)16)13(17)8-4-2-1-3-5-8/h1-5,9-12,16H,6-7H2/t9-,10+,11-,12+/m1/s1. The Kier molecular flexibility index (Phi) is 2.71. The number of benzene rings is 1. The Hall–Kier alpha value is -0.870. The van der Waals surface area contributed by atoms with Crippen LogP contribution in [0.2, 0.25) is 0 Å². The quantitative estimate of drug-likeness (QED) is 0.801. The lowest BCUT2D eigenvalue weighted by Gasteiger charge is -2.30. The molecule has 1 amide bonds. The molecule has 1 aliphatic carbocycles. The van der Waals surface area contributed by atoms with Gasteiger partial charge in [-0.3, -0.25) is 4.79 Å². The van der Waals surface area contributed by atoms with Gasteiger partial charge in [0, 0.05) is 22.9 Å². The Balaban J connectivity index is 1.85. The number of aliphatic hydroxyl groups excluding tert-OH is 1. The van der Waals surface area contributed by atoms with Crippen molar-refractivity contribution in [1.29, 1.82) is 0 Å². The van der Waals surface area contributed by atoms with Gasteiger partial charge >= 0.3 is 0 Å². The van der Waals surface area contributed by atoms with Crippen LogP contribution < -0.4 is 0 Å². The minimum Gasteiger partial charge on any atom is -0.391 e. The van der Waals surface area contributed by atoms with E-state index in [-0.39, 0.29) is 28.8 Å². The van der Waals surface area contributed by atoms with Crippen molar-refractivity contribution in [3.8, 4) is 0 Å². The van der Waals surface area contributed by atoms with Gasteiger partial charge in [-0.15, -0.1) is 0 Å². The molecule has 1 saturated heterocycles. The zero-order chi connectivity index (χ0) is 12.0. The van der Waals surface area contributed by atoms with Crippen molar-refractivity contribution < 1.29 is 9.90 Å². The summed E-state index contributed by atoms with van der Waals surface area (Å²) >= 11 is 3.56. The van der Waals surface area contributed by atoms with Crippen LogP contribution >= 0.6 is 15.9 Å². The fourth-order valence-electron chi connectivity index (χ4n) is 2.96. The Bertz CT molecular complexity index is 436. The lowest BCUT2D eigenvalue weighted by atomic mass is 10.1. The van der Waals surface area contributed by atoms with Gasteiger partial charge in [0.15, 0.2) is 0 Å². The molecule has 17 heavy (non-hydrogen) atoms. The number of likely N-dealkylation sites (tertiary alicyclic amines) is 1. The highest BCUT2D eigenvalue weighted by atomic mass is 79.9. The third kappa shape index (κ3) is 1.70. The summed E-state index contributed by atoms with van der Waals surface area (Å²) in [6.45, 7) is 0.682. The number of piperidine rings is 1. The lowest BCUT2D eigenvalue weighted by molar-refractivity contribution is 0.0659. The fourth-order valence-corrected chi connectivity index (χ4v) is 4.04. The first kappa shape index (κ1) is 11.2. The third-order valence-corrected chi connectivity index (χ3v) is 4.72. The molecule has 1 saturated carbocycles. The molecule has 3 nitrogen and oxygen atoms in total. The van der Waals surface area contributed by atoms with Crippen LogP contribution in [0.3, 0.4) is 0 Å². The number of aliphatic hydroxyl groups is 1. The molecule has 1 N–H and O–H groups in total. The Morgan fingerprint density at radius 1 is 1.35 bits per heavy atom. The van der Waals surface area contributed by atoms with E-state index < -0.39 is 0 Å². The van der Waals surface area contributed by atoms with Crippen LogP contribution in [0.5, 0.6) is 0 Å². The summed E-state index contributed by atoms with van der Waals surface area (Å²) in [4.78, 5) is 14.4. The SMILES string of the molecule is O=C(c1ccccc1)N1C[C@H]2C[C@H](Br)[C@@H]1[C@H]2O. The molecule has 4 heteroatoms. The van der Waals surface area contributed by atoms with Crippen molar-refractivity contribution in [2.45, 2.75) is 23.4 Å². The summed E-state index contributed by atoms with van der Waals surface area (Å²) in [5, 5.41) is 10.0. The van der Waals surface area contributed by atoms with Gasteiger partial charge in [0.2, 0.25) is 0 Å². The zero-order valence-electron chi connectivity index (χ0n) is 9.29. The smallest absolute Gasteiger partial charge is 0.254 e. The van der Waals surface area contributed by atoms with Gasteiger partial charge in [-0.1, -0.05) is 34.1 Å². The number of hydrogen-bond donors (Lipinski definition) is 1. The molecular formula is C13H14BrNO2. The Labute approximate surface area is 109 Å². The molecule has 0 radical (unpaired) electrons. The van der Waals surface area contributed by atoms with Gasteiger partial charge < -0.3 is 10.0 Å². The number of amides is 1. The van der Waals surface area contributed by atoms with Gasteiger partial charge in [-0.2, -0.15) is 0 Å². The van der Waals surface area contributed by atoms with Crippen LogP contribution in [0.4, 0.5) is 0 Å². The van der Waals surface area contributed by atoms with Gasteiger partial charge in [0.1, 0.15) is 0 Å². The molecule has 0 spiro atoms. The minimum absolute atomic E-state index is 0.0290. The molecule has 2 aliphatic rings. The number of fused-ring (bicyclic) bond motifs is 2. The summed E-state index contributed by atoms with van der Waals surface area (Å²) in [5.74, 6) is 0.262. The topological polar surface area (TPSA) is 40.5 Å². The van der Waals surface area contributed by atoms with Crippen molar-refractivity contribution in [2.75, 3.05) is 6.54 Å². The van der Waals surface area contributed by atoms with Gasteiger partial charge in [0.25, 0.3) is 5.91 Å². The van der Waals surface area contributed by atoms with Gasteiger partial charge in [-0.25, -0.2) is 0 Å². The lowest BCUT2D eigenvalue weighted by Crippen LogP contribution is -2.44. The van der Waals surface area contributed by atoms with Crippen LogP contribution in [0.15, 0.2) is 30.3 Å². The molecule has 4 atom stereocenters. The van der Waals surface area contributed by atoms with E-state index in [0.29, 0.717) is 12.1 Å². The number of hydrogen-bond acceptors (Lipinski definition) is 2. The fraction of sp³-hybridized carbons (Fsp3) is 0.462. The van der Waals surface area contributed by atoms with E-state index in [1.54, 1.807) is 0 Å². The van der Waals surface area contributed by atoms with Crippen molar-refractivity contribution in [3.63, 3.8) is 0 Å². The molecular weight excluding hydrogens is 282 g/mol. The summed E-state index contributed by atoms with van der Waals surface area (Å²) in [6, 6.07) is 9.21. The van der Waals surface area contributed by atoms with Crippen molar-refractivity contribution in [1.82, 2.24) is 4.90 Å². The molecule has 1 aliphatic heterocycles. The first-order chi connectivity index (χ1) is 8.18. The van der Waals surface area contributed by atoms with Crippen LogP contribution in [0.25, 0.3) is 0 Å². The molecule has 2 fully saturated rings. The number of alkyl halides is 1. The number of halogens is 1. The average Bonchev–Trinajstić information content (AvgIpc) is 2.81. The molecule has 3 rings (SSSR count). The third-order valence-electron chi connectivity index (χ3n) is 3.80.